The van der Waals surface area contributed by atoms with E-state index in [0.717, 1.165) is 10.0 Å². The number of hydrogen-bond donors (Lipinski definition) is 1. The van der Waals surface area contributed by atoms with Crippen LogP contribution in [0.5, 0.6) is 5.75 Å². The van der Waals surface area contributed by atoms with Crippen LogP contribution in [0.2, 0.25) is 0 Å². The van der Waals surface area contributed by atoms with Crippen molar-refractivity contribution < 1.29 is 9.26 Å². The van der Waals surface area contributed by atoms with Crippen LogP contribution >= 0.6 is 15.9 Å². The van der Waals surface area contributed by atoms with E-state index in [1.54, 1.807) is 31.5 Å². The number of benzene rings is 1. The number of methoxy groups -OCH3 is 1. The molecule has 1 aromatic carbocycles. The van der Waals surface area contributed by atoms with Gasteiger partial charge in [0.15, 0.2) is 0 Å². The molecule has 6 nitrogen and oxygen atoms in total. The zero-order valence-corrected chi connectivity index (χ0v) is 12.7. The maximum absolute atomic E-state index is 5.87. The first-order valence-electron chi connectivity index (χ1n) is 6.07. The summed E-state index contributed by atoms with van der Waals surface area (Å²) in [5, 5.41) is 3.93. The van der Waals surface area contributed by atoms with E-state index in [4.69, 9.17) is 15.0 Å². The van der Waals surface area contributed by atoms with Gasteiger partial charge in [-0.2, -0.15) is 4.98 Å². The molecule has 0 aliphatic rings. The summed E-state index contributed by atoms with van der Waals surface area (Å²) in [5.74, 6) is 1.41. The predicted molar refractivity (Wildman–Crippen MR) is 81.6 cm³/mol. The van der Waals surface area contributed by atoms with Crippen LogP contribution in [0.15, 0.2) is 45.5 Å². The van der Waals surface area contributed by atoms with Crippen molar-refractivity contribution in [2.24, 2.45) is 0 Å². The average Bonchev–Trinajstić information content (AvgIpc) is 2.98. The van der Waals surface area contributed by atoms with E-state index in [9.17, 15) is 0 Å². The van der Waals surface area contributed by atoms with E-state index in [-0.39, 0.29) is 0 Å². The van der Waals surface area contributed by atoms with E-state index < -0.39 is 0 Å². The molecule has 2 heterocycles. The molecule has 0 fully saturated rings. The molecule has 3 rings (SSSR count). The minimum atomic E-state index is 0.379. The third-order valence-electron chi connectivity index (χ3n) is 2.86. The third kappa shape index (κ3) is 2.73. The SMILES string of the molecule is COc1ccc(-c2nc(-c3ccc(Br)cn3)no2)cc1N. The van der Waals surface area contributed by atoms with Crippen molar-refractivity contribution in [3.63, 3.8) is 0 Å². The first kappa shape index (κ1) is 13.6. The lowest BCUT2D eigenvalue weighted by molar-refractivity contribution is 0.416. The fourth-order valence-electron chi connectivity index (χ4n) is 1.82. The van der Waals surface area contributed by atoms with Crippen LogP contribution in [0.4, 0.5) is 5.69 Å². The molecular formula is C14H11BrN4O2. The molecule has 0 atom stereocenters. The van der Waals surface area contributed by atoms with E-state index in [2.05, 4.69) is 31.1 Å². The van der Waals surface area contributed by atoms with Crippen molar-refractivity contribution >= 4 is 21.6 Å². The molecule has 106 valence electrons. The Morgan fingerprint density at radius 1 is 1.24 bits per heavy atom. The normalized spacial score (nSPS) is 10.6. The number of nitrogens with zero attached hydrogens (tertiary/aromatic N) is 3. The molecule has 0 bridgehead atoms. The number of hydrogen-bond acceptors (Lipinski definition) is 6. The highest BCUT2D eigenvalue weighted by molar-refractivity contribution is 9.10. The quantitative estimate of drug-likeness (QED) is 0.733. The number of pyridine rings is 1. The Hall–Kier alpha value is -2.41. The van der Waals surface area contributed by atoms with Crippen molar-refractivity contribution in [2.75, 3.05) is 12.8 Å². The highest BCUT2D eigenvalue weighted by Gasteiger charge is 2.12. The van der Waals surface area contributed by atoms with Crippen LogP contribution in [0, 0.1) is 0 Å². The van der Waals surface area contributed by atoms with Gasteiger partial charge >= 0.3 is 0 Å². The van der Waals surface area contributed by atoms with Crippen LogP contribution in [-0.2, 0) is 0 Å². The van der Waals surface area contributed by atoms with Gasteiger partial charge in [-0.25, -0.2) is 0 Å². The van der Waals surface area contributed by atoms with Gasteiger partial charge in [-0.3, -0.25) is 4.98 Å². The lowest BCUT2D eigenvalue weighted by Gasteiger charge is -2.04. The van der Waals surface area contributed by atoms with Gasteiger partial charge in [0, 0.05) is 16.2 Å². The second kappa shape index (κ2) is 5.53. The van der Waals surface area contributed by atoms with Crippen molar-refractivity contribution in [1.82, 2.24) is 15.1 Å². The third-order valence-corrected chi connectivity index (χ3v) is 3.33. The minimum Gasteiger partial charge on any atom is -0.495 e. The van der Waals surface area contributed by atoms with Gasteiger partial charge in [0.25, 0.3) is 5.89 Å². The molecule has 7 heteroatoms. The Labute approximate surface area is 129 Å². The van der Waals surface area contributed by atoms with Crippen LogP contribution in [0.3, 0.4) is 0 Å². The maximum Gasteiger partial charge on any atom is 0.258 e. The summed E-state index contributed by atoms with van der Waals surface area (Å²) in [6, 6.07) is 8.96. The molecule has 2 N–H and O–H groups in total. The van der Waals surface area contributed by atoms with Crippen molar-refractivity contribution in [3.8, 4) is 28.7 Å². The summed E-state index contributed by atoms with van der Waals surface area (Å²) in [5.41, 5.74) is 7.74. The van der Waals surface area contributed by atoms with E-state index in [1.165, 1.54) is 0 Å². The van der Waals surface area contributed by atoms with Gasteiger partial charge in [0.2, 0.25) is 5.82 Å². The molecular weight excluding hydrogens is 336 g/mol. The highest BCUT2D eigenvalue weighted by Crippen LogP contribution is 2.28. The molecule has 0 amide bonds. The van der Waals surface area contributed by atoms with Crippen LogP contribution < -0.4 is 10.5 Å². The van der Waals surface area contributed by atoms with Gasteiger partial charge in [-0.1, -0.05) is 5.16 Å². The average molecular weight is 347 g/mol. The first-order valence-corrected chi connectivity index (χ1v) is 6.86. The first-order chi connectivity index (χ1) is 10.2. The van der Waals surface area contributed by atoms with Gasteiger partial charge in [0.05, 0.1) is 12.8 Å². The Kier molecular flexibility index (Phi) is 3.57. The second-order valence-electron chi connectivity index (χ2n) is 4.24. The summed E-state index contributed by atoms with van der Waals surface area (Å²) >= 11 is 3.33. The zero-order chi connectivity index (χ0) is 14.8. The summed E-state index contributed by atoms with van der Waals surface area (Å²) in [6.07, 6.45) is 1.68. The molecule has 0 aliphatic heterocycles. The number of halogens is 1. The van der Waals surface area contributed by atoms with E-state index in [1.807, 2.05) is 12.1 Å². The zero-order valence-electron chi connectivity index (χ0n) is 11.1. The van der Waals surface area contributed by atoms with Crippen LogP contribution in [-0.4, -0.2) is 22.2 Å². The standard InChI is InChI=1S/C14H11BrN4O2/c1-20-12-5-2-8(6-10(12)16)14-18-13(19-21-14)11-4-3-9(15)7-17-11/h2-7H,16H2,1H3. The minimum absolute atomic E-state index is 0.379. The monoisotopic (exact) mass is 346 g/mol. The maximum atomic E-state index is 5.87. The summed E-state index contributed by atoms with van der Waals surface area (Å²) in [6.45, 7) is 0. The smallest absolute Gasteiger partial charge is 0.258 e. The summed E-state index contributed by atoms with van der Waals surface area (Å²) in [7, 11) is 1.56. The summed E-state index contributed by atoms with van der Waals surface area (Å²) < 4.78 is 11.3. The highest BCUT2D eigenvalue weighted by atomic mass is 79.9. The molecule has 2 aromatic heterocycles. The predicted octanol–water partition coefficient (Wildman–Crippen LogP) is 3.15. The van der Waals surface area contributed by atoms with Gasteiger partial charge in [-0.05, 0) is 46.3 Å². The van der Waals surface area contributed by atoms with E-state index in [0.29, 0.717) is 28.8 Å². The molecule has 0 aliphatic carbocycles. The van der Waals surface area contributed by atoms with E-state index >= 15 is 0 Å². The molecule has 0 spiro atoms. The Morgan fingerprint density at radius 3 is 2.76 bits per heavy atom. The second-order valence-corrected chi connectivity index (χ2v) is 5.16. The number of nitrogens with two attached hydrogens (primary N) is 1. The van der Waals surface area contributed by atoms with Gasteiger partial charge < -0.3 is 15.0 Å². The lowest BCUT2D eigenvalue weighted by Crippen LogP contribution is -1.92. The molecule has 21 heavy (non-hydrogen) atoms. The van der Waals surface area contributed by atoms with Crippen LogP contribution in [0.1, 0.15) is 0 Å². The molecule has 0 unspecified atom stereocenters. The van der Waals surface area contributed by atoms with Crippen molar-refractivity contribution in [3.05, 3.63) is 41.0 Å². The number of rotatable bonds is 3. The number of anilines is 1. The number of aromatic nitrogens is 3. The fraction of sp³-hybridized carbons (Fsp3) is 0.0714. The molecule has 0 saturated carbocycles. The Balaban J connectivity index is 1.94. The molecule has 0 saturated heterocycles. The molecule has 3 aromatic rings. The Bertz CT molecular complexity index is 771. The van der Waals surface area contributed by atoms with Gasteiger partial charge in [-0.15, -0.1) is 0 Å². The topological polar surface area (TPSA) is 87.1 Å². The lowest BCUT2D eigenvalue weighted by atomic mass is 10.2. The van der Waals surface area contributed by atoms with Crippen molar-refractivity contribution in [2.45, 2.75) is 0 Å². The number of ether oxygens (including phenoxy) is 1. The molecule has 0 radical (unpaired) electrons. The Morgan fingerprint density at radius 2 is 2.10 bits per heavy atom. The van der Waals surface area contributed by atoms with Gasteiger partial charge in [0.1, 0.15) is 11.4 Å². The van der Waals surface area contributed by atoms with Crippen LogP contribution in [0.25, 0.3) is 23.0 Å². The van der Waals surface area contributed by atoms with Crippen molar-refractivity contribution in [1.29, 1.82) is 0 Å². The summed E-state index contributed by atoms with van der Waals surface area (Å²) in [4.78, 5) is 8.55. The fourth-order valence-corrected chi connectivity index (χ4v) is 2.05. The largest absolute Gasteiger partial charge is 0.495 e. The number of nitrogen functional groups attached to an aromatic ring is 1.